The van der Waals surface area contributed by atoms with Gasteiger partial charge in [0.25, 0.3) is 0 Å². The highest BCUT2D eigenvalue weighted by molar-refractivity contribution is 5.62. The van der Waals surface area contributed by atoms with Crippen molar-refractivity contribution >= 4 is 11.8 Å². The molecule has 1 aromatic carbocycles. The van der Waals surface area contributed by atoms with Crippen LogP contribution in [0.1, 0.15) is 5.56 Å². The van der Waals surface area contributed by atoms with E-state index in [0.717, 1.165) is 5.56 Å². The van der Waals surface area contributed by atoms with Crippen LogP contribution in [-0.4, -0.2) is 11.3 Å². The molecule has 1 aromatic rings. The molecular weight excluding hydrogens is 158 g/mol. The van der Waals surface area contributed by atoms with Crippen molar-refractivity contribution < 1.29 is 14.6 Å². The van der Waals surface area contributed by atoms with Gasteiger partial charge in [-0.1, -0.05) is 6.07 Å². The third-order valence-electron chi connectivity index (χ3n) is 1.46. The Morgan fingerprint density at radius 2 is 2.25 bits per heavy atom. The Labute approximate surface area is 69.6 Å². The standard InChI is InChI=1S/C8H9NO3/c1-5-2-3-6(4-7(5)9)12-8(10)11/h2-4H,9H2,1H3,(H,10,11). The molecule has 4 heteroatoms. The number of rotatable bonds is 1. The number of benzene rings is 1. The van der Waals surface area contributed by atoms with Crippen molar-refractivity contribution in [3.63, 3.8) is 0 Å². The molecule has 3 N–H and O–H groups in total. The average Bonchev–Trinajstić information content (AvgIpc) is 1.96. The third kappa shape index (κ3) is 1.88. The number of carboxylic acid groups (broad SMARTS) is 1. The molecule has 0 atom stereocenters. The van der Waals surface area contributed by atoms with Crippen LogP contribution in [0.4, 0.5) is 10.5 Å². The van der Waals surface area contributed by atoms with E-state index in [-0.39, 0.29) is 5.75 Å². The van der Waals surface area contributed by atoms with Gasteiger partial charge in [0.1, 0.15) is 5.75 Å². The first-order valence-corrected chi connectivity index (χ1v) is 3.36. The number of nitrogen functional groups attached to an aromatic ring is 1. The molecule has 64 valence electrons. The van der Waals surface area contributed by atoms with Crippen LogP contribution in [0.15, 0.2) is 18.2 Å². The van der Waals surface area contributed by atoms with Gasteiger partial charge in [0.15, 0.2) is 0 Å². The quantitative estimate of drug-likeness (QED) is 0.379. The van der Waals surface area contributed by atoms with Crippen LogP contribution in [0.3, 0.4) is 0 Å². The number of anilines is 1. The summed E-state index contributed by atoms with van der Waals surface area (Å²) in [6, 6.07) is 4.73. The summed E-state index contributed by atoms with van der Waals surface area (Å²) in [5.74, 6) is 0.241. The molecule has 0 fully saturated rings. The summed E-state index contributed by atoms with van der Waals surface area (Å²) in [6.45, 7) is 1.83. The normalized spacial score (nSPS) is 9.42. The van der Waals surface area contributed by atoms with E-state index in [1.54, 1.807) is 12.1 Å². The van der Waals surface area contributed by atoms with Crippen LogP contribution >= 0.6 is 0 Å². The Bertz CT molecular complexity index is 309. The summed E-state index contributed by atoms with van der Waals surface area (Å²) < 4.78 is 4.39. The lowest BCUT2D eigenvalue weighted by atomic mass is 10.2. The van der Waals surface area contributed by atoms with Gasteiger partial charge >= 0.3 is 6.16 Å². The molecule has 1 rings (SSSR count). The maximum Gasteiger partial charge on any atom is 0.511 e. The molecule has 0 bridgehead atoms. The van der Waals surface area contributed by atoms with Gasteiger partial charge in [-0.15, -0.1) is 0 Å². The molecule has 0 saturated heterocycles. The Kier molecular flexibility index (Phi) is 2.19. The first kappa shape index (κ1) is 8.39. The minimum Gasteiger partial charge on any atom is -0.449 e. The second kappa shape index (κ2) is 3.13. The summed E-state index contributed by atoms with van der Waals surface area (Å²) in [4.78, 5) is 10.1. The zero-order valence-electron chi connectivity index (χ0n) is 6.57. The predicted molar refractivity (Wildman–Crippen MR) is 44.2 cm³/mol. The van der Waals surface area contributed by atoms with Crippen molar-refractivity contribution in [2.45, 2.75) is 6.92 Å². The molecule has 0 radical (unpaired) electrons. The van der Waals surface area contributed by atoms with Gasteiger partial charge in [-0.25, -0.2) is 4.79 Å². The van der Waals surface area contributed by atoms with E-state index in [1.807, 2.05) is 6.92 Å². The van der Waals surface area contributed by atoms with Crippen LogP contribution in [0.5, 0.6) is 5.75 Å². The molecule has 0 aliphatic rings. The minimum absolute atomic E-state index is 0.241. The van der Waals surface area contributed by atoms with Gasteiger partial charge in [-0.3, -0.25) is 0 Å². The fourth-order valence-electron chi connectivity index (χ4n) is 0.783. The zero-order valence-corrected chi connectivity index (χ0v) is 6.57. The van der Waals surface area contributed by atoms with Crippen LogP contribution in [-0.2, 0) is 0 Å². The number of carbonyl (C=O) groups is 1. The number of ether oxygens (including phenoxy) is 1. The van der Waals surface area contributed by atoms with Crippen molar-refractivity contribution in [3.8, 4) is 5.75 Å². The van der Waals surface area contributed by atoms with Gasteiger partial charge in [-0.2, -0.15) is 0 Å². The molecule has 12 heavy (non-hydrogen) atoms. The largest absolute Gasteiger partial charge is 0.511 e. The molecule has 0 saturated carbocycles. The fraction of sp³-hybridized carbons (Fsp3) is 0.125. The first-order valence-electron chi connectivity index (χ1n) is 3.36. The number of hydrogen-bond donors (Lipinski definition) is 2. The number of hydrogen-bond acceptors (Lipinski definition) is 3. The van der Waals surface area contributed by atoms with E-state index in [1.165, 1.54) is 6.07 Å². The maximum atomic E-state index is 10.1. The molecule has 0 aliphatic heterocycles. The lowest BCUT2D eigenvalue weighted by molar-refractivity contribution is 0.144. The molecule has 0 spiro atoms. The van der Waals surface area contributed by atoms with Crippen molar-refractivity contribution in [1.29, 1.82) is 0 Å². The van der Waals surface area contributed by atoms with Gasteiger partial charge in [0.05, 0.1) is 0 Å². The smallest absolute Gasteiger partial charge is 0.449 e. The number of nitrogens with two attached hydrogens (primary N) is 1. The lowest BCUT2D eigenvalue weighted by Crippen LogP contribution is -2.03. The van der Waals surface area contributed by atoms with Crippen LogP contribution in [0.25, 0.3) is 0 Å². The van der Waals surface area contributed by atoms with E-state index in [2.05, 4.69) is 4.74 Å². The SMILES string of the molecule is Cc1ccc(OC(=O)O)cc1N. The number of aryl methyl sites for hydroxylation is 1. The molecule has 0 aliphatic carbocycles. The monoisotopic (exact) mass is 167 g/mol. The first-order chi connectivity index (χ1) is 5.59. The van der Waals surface area contributed by atoms with Crippen LogP contribution in [0.2, 0.25) is 0 Å². The lowest BCUT2D eigenvalue weighted by Gasteiger charge is -2.02. The maximum absolute atomic E-state index is 10.1. The Hall–Kier alpha value is -1.71. The van der Waals surface area contributed by atoms with Crippen molar-refractivity contribution in [1.82, 2.24) is 0 Å². The van der Waals surface area contributed by atoms with E-state index in [0.29, 0.717) is 5.69 Å². The summed E-state index contributed by atoms with van der Waals surface area (Å²) in [6.07, 6.45) is -1.33. The van der Waals surface area contributed by atoms with Gasteiger partial charge < -0.3 is 15.6 Å². The molecule has 0 heterocycles. The van der Waals surface area contributed by atoms with E-state index in [9.17, 15) is 4.79 Å². The Morgan fingerprint density at radius 1 is 1.58 bits per heavy atom. The summed E-state index contributed by atoms with van der Waals surface area (Å²) in [7, 11) is 0. The molecule has 0 amide bonds. The van der Waals surface area contributed by atoms with Gasteiger partial charge in [0, 0.05) is 11.8 Å². The van der Waals surface area contributed by atoms with Crippen molar-refractivity contribution in [2.75, 3.05) is 5.73 Å². The second-order valence-electron chi connectivity index (χ2n) is 2.39. The van der Waals surface area contributed by atoms with E-state index >= 15 is 0 Å². The molecule has 0 aromatic heterocycles. The minimum atomic E-state index is -1.33. The van der Waals surface area contributed by atoms with E-state index < -0.39 is 6.16 Å². The zero-order chi connectivity index (χ0) is 9.14. The third-order valence-corrected chi connectivity index (χ3v) is 1.46. The van der Waals surface area contributed by atoms with Gasteiger partial charge in [-0.05, 0) is 18.6 Å². The highest BCUT2D eigenvalue weighted by Gasteiger charge is 2.01. The molecule has 0 unspecified atom stereocenters. The summed E-state index contributed by atoms with van der Waals surface area (Å²) >= 11 is 0. The Morgan fingerprint density at radius 3 is 2.75 bits per heavy atom. The van der Waals surface area contributed by atoms with Crippen LogP contribution in [0, 0.1) is 6.92 Å². The molecule has 4 nitrogen and oxygen atoms in total. The summed E-state index contributed by atoms with van der Waals surface area (Å²) in [5, 5.41) is 8.26. The van der Waals surface area contributed by atoms with Crippen molar-refractivity contribution in [3.05, 3.63) is 23.8 Å². The van der Waals surface area contributed by atoms with Gasteiger partial charge in [0.2, 0.25) is 0 Å². The molecular formula is C8H9NO3. The highest BCUT2D eigenvalue weighted by Crippen LogP contribution is 2.18. The second-order valence-corrected chi connectivity index (χ2v) is 2.39. The summed E-state index contributed by atoms with van der Waals surface area (Å²) in [5.41, 5.74) is 6.94. The van der Waals surface area contributed by atoms with E-state index in [4.69, 9.17) is 10.8 Å². The Balaban J connectivity index is 2.89. The van der Waals surface area contributed by atoms with Crippen LogP contribution < -0.4 is 10.5 Å². The van der Waals surface area contributed by atoms with Crippen molar-refractivity contribution in [2.24, 2.45) is 0 Å². The highest BCUT2D eigenvalue weighted by atomic mass is 16.7. The average molecular weight is 167 g/mol. The topological polar surface area (TPSA) is 72.5 Å². The predicted octanol–water partition coefficient (Wildman–Crippen LogP) is 1.63. The fourth-order valence-corrected chi connectivity index (χ4v) is 0.783.